The van der Waals surface area contributed by atoms with E-state index in [1.807, 2.05) is 17.0 Å². The van der Waals surface area contributed by atoms with Gasteiger partial charge in [0.05, 0.1) is 14.2 Å². The topological polar surface area (TPSA) is 75.2 Å². The van der Waals surface area contributed by atoms with Crippen molar-refractivity contribution < 1.29 is 14.3 Å². The molecule has 0 atom stereocenters. The molecule has 0 radical (unpaired) electrons. The van der Waals surface area contributed by atoms with E-state index in [1.165, 1.54) is 5.56 Å². The number of nitrogens with zero attached hydrogens (tertiary/aromatic N) is 2. The Hall–Kier alpha value is -2.44. The van der Waals surface area contributed by atoms with E-state index < -0.39 is 0 Å². The summed E-state index contributed by atoms with van der Waals surface area (Å²) >= 11 is 0. The zero-order valence-electron chi connectivity index (χ0n) is 18.8. The number of carbonyl (C=O) groups is 1. The van der Waals surface area contributed by atoms with Crippen molar-refractivity contribution in [2.75, 3.05) is 46.9 Å². The fraction of sp³-hybridized carbons (Fsp3) is 0.652. The molecule has 1 heterocycles. The molecule has 0 spiro atoms. The van der Waals surface area contributed by atoms with Crippen molar-refractivity contribution in [1.82, 2.24) is 15.5 Å². The third-order valence-corrected chi connectivity index (χ3v) is 5.25. The van der Waals surface area contributed by atoms with Crippen LogP contribution in [0.1, 0.15) is 51.0 Å². The number of benzene rings is 1. The summed E-state index contributed by atoms with van der Waals surface area (Å²) in [6.45, 7) is 6.15. The second-order valence-corrected chi connectivity index (χ2v) is 7.53. The van der Waals surface area contributed by atoms with Gasteiger partial charge in [-0.25, -0.2) is 0 Å². The summed E-state index contributed by atoms with van der Waals surface area (Å²) in [5, 5.41) is 6.70. The van der Waals surface area contributed by atoms with Gasteiger partial charge in [0, 0.05) is 39.1 Å². The molecule has 1 fully saturated rings. The van der Waals surface area contributed by atoms with Gasteiger partial charge in [-0.15, -0.1) is 0 Å². The molecule has 30 heavy (non-hydrogen) atoms. The van der Waals surface area contributed by atoms with Crippen molar-refractivity contribution in [2.45, 2.75) is 51.9 Å². The molecule has 7 heteroatoms. The SMILES string of the molecule is CCNC(=NCCCN1CCCCCC1=O)NCCCc1ccc(OC)c(OC)c1. The normalized spacial score (nSPS) is 15.0. The number of guanidine groups is 1. The van der Waals surface area contributed by atoms with Gasteiger partial charge in [0.2, 0.25) is 5.91 Å². The molecule has 0 aliphatic carbocycles. The van der Waals surface area contributed by atoms with Crippen molar-refractivity contribution >= 4 is 11.9 Å². The first-order valence-electron chi connectivity index (χ1n) is 11.2. The quantitative estimate of drug-likeness (QED) is 0.328. The van der Waals surface area contributed by atoms with Crippen LogP contribution in [0.2, 0.25) is 0 Å². The highest BCUT2D eigenvalue weighted by Gasteiger charge is 2.15. The van der Waals surface area contributed by atoms with Gasteiger partial charge in [-0.05, 0) is 56.7 Å². The number of likely N-dealkylation sites (tertiary alicyclic amines) is 1. The van der Waals surface area contributed by atoms with Gasteiger partial charge in [-0.1, -0.05) is 12.5 Å². The highest BCUT2D eigenvalue weighted by atomic mass is 16.5. The molecule has 1 aromatic carbocycles. The van der Waals surface area contributed by atoms with Crippen molar-refractivity contribution in [3.63, 3.8) is 0 Å². The van der Waals surface area contributed by atoms with Crippen LogP contribution in [0.25, 0.3) is 0 Å². The van der Waals surface area contributed by atoms with Gasteiger partial charge in [0.1, 0.15) is 0 Å². The molecule has 1 aliphatic heterocycles. The predicted octanol–water partition coefficient (Wildman–Crippen LogP) is 2.98. The highest BCUT2D eigenvalue weighted by Crippen LogP contribution is 2.27. The van der Waals surface area contributed by atoms with Gasteiger partial charge in [-0.2, -0.15) is 0 Å². The standard InChI is InChI=1S/C23H38N4O3/c1-4-24-23(26-15-9-17-27-16-7-5-6-11-22(27)28)25-14-8-10-19-12-13-20(29-2)21(18-19)30-3/h12-13,18H,4-11,14-17H2,1-3H3,(H2,24,25,26). The fourth-order valence-corrected chi connectivity index (χ4v) is 3.60. The smallest absolute Gasteiger partial charge is 0.222 e. The summed E-state index contributed by atoms with van der Waals surface area (Å²) in [4.78, 5) is 18.7. The maximum atomic E-state index is 12.1. The number of hydrogen-bond donors (Lipinski definition) is 2. The molecule has 1 amide bonds. The Labute approximate surface area is 181 Å². The number of carbonyl (C=O) groups excluding carboxylic acids is 1. The van der Waals surface area contributed by atoms with Gasteiger partial charge in [0.25, 0.3) is 0 Å². The second-order valence-electron chi connectivity index (χ2n) is 7.53. The lowest BCUT2D eigenvalue weighted by molar-refractivity contribution is -0.130. The monoisotopic (exact) mass is 418 g/mol. The Kier molecular flexibility index (Phi) is 10.9. The lowest BCUT2D eigenvalue weighted by Gasteiger charge is -2.20. The summed E-state index contributed by atoms with van der Waals surface area (Å²) in [6.07, 6.45) is 6.86. The van der Waals surface area contributed by atoms with Gasteiger partial charge < -0.3 is 25.0 Å². The van der Waals surface area contributed by atoms with Crippen molar-refractivity contribution in [3.8, 4) is 11.5 Å². The number of methoxy groups -OCH3 is 2. The Bertz CT molecular complexity index is 678. The summed E-state index contributed by atoms with van der Waals surface area (Å²) in [5.74, 6) is 2.66. The van der Waals surface area contributed by atoms with Crippen LogP contribution >= 0.6 is 0 Å². The average molecular weight is 419 g/mol. The Balaban J connectivity index is 1.72. The molecule has 0 saturated carbocycles. The molecular formula is C23H38N4O3. The largest absolute Gasteiger partial charge is 0.493 e. The van der Waals surface area contributed by atoms with E-state index in [0.717, 1.165) is 88.7 Å². The van der Waals surface area contributed by atoms with Crippen LogP contribution in [-0.4, -0.2) is 63.7 Å². The molecule has 0 aromatic heterocycles. The average Bonchev–Trinajstić information content (AvgIpc) is 2.97. The zero-order valence-corrected chi connectivity index (χ0v) is 18.8. The summed E-state index contributed by atoms with van der Waals surface area (Å²) in [6, 6.07) is 6.05. The number of aliphatic imine (C=N–C) groups is 1. The Morgan fingerprint density at radius 1 is 1.10 bits per heavy atom. The van der Waals surface area contributed by atoms with E-state index in [0.29, 0.717) is 12.3 Å². The van der Waals surface area contributed by atoms with Crippen LogP contribution in [0, 0.1) is 0 Å². The summed E-state index contributed by atoms with van der Waals surface area (Å²) in [7, 11) is 3.31. The van der Waals surface area contributed by atoms with Crippen LogP contribution in [0.5, 0.6) is 11.5 Å². The Morgan fingerprint density at radius 3 is 2.70 bits per heavy atom. The molecule has 2 rings (SSSR count). The van der Waals surface area contributed by atoms with Crippen molar-refractivity contribution in [3.05, 3.63) is 23.8 Å². The van der Waals surface area contributed by atoms with Gasteiger partial charge in [0.15, 0.2) is 17.5 Å². The lowest BCUT2D eigenvalue weighted by atomic mass is 10.1. The van der Waals surface area contributed by atoms with E-state index in [-0.39, 0.29) is 0 Å². The third-order valence-electron chi connectivity index (χ3n) is 5.25. The third kappa shape index (κ3) is 8.13. The zero-order chi connectivity index (χ0) is 21.6. The second kappa shape index (κ2) is 13.7. The fourth-order valence-electron chi connectivity index (χ4n) is 3.60. The maximum Gasteiger partial charge on any atom is 0.222 e. The number of aryl methyl sites for hydroxylation is 1. The first-order valence-corrected chi connectivity index (χ1v) is 11.2. The molecule has 168 valence electrons. The summed E-state index contributed by atoms with van der Waals surface area (Å²) in [5.41, 5.74) is 1.22. The van der Waals surface area contributed by atoms with Gasteiger partial charge in [-0.3, -0.25) is 9.79 Å². The first kappa shape index (κ1) is 23.8. The molecular weight excluding hydrogens is 380 g/mol. The van der Waals surface area contributed by atoms with Gasteiger partial charge >= 0.3 is 0 Å². The highest BCUT2D eigenvalue weighted by molar-refractivity contribution is 5.79. The molecule has 1 saturated heterocycles. The predicted molar refractivity (Wildman–Crippen MR) is 122 cm³/mol. The number of ether oxygens (including phenoxy) is 2. The van der Waals surface area contributed by atoms with E-state index in [4.69, 9.17) is 9.47 Å². The summed E-state index contributed by atoms with van der Waals surface area (Å²) < 4.78 is 10.7. The molecule has 0 unspecified atom stereocenters. The first-order chi connectivity index (χ1) is 14.7. The van der Waals surface area contributed by atoms with Crippen LogP contribution in [0.15, 0.2) is 23.2 Å². The number of amides is 1. The molecule has 0 bridgehead atoms. The minimum absolute atomic E-state index is 0.302. The van der Waals surface area contributed by atoms with Crippen LogP contribution < -0.4 is 20.1 Å². The van der Waals surface area contributed by atoms with E-state index in [2.05, 4.69) is 28.6 Å². The van der Waals surface area contributed by atoms with E-state index in [1.54, 1.807) is 14.2 Å². The molecule has 2 N–H and O–H groups in total. The minimum atomic E-state index is 0.302. The van der Waals surface area contributed by atoms with Crippen LogP contribution in [0.3, 0.4) is 0 Å². The lowest BCUT2D eigenvalue weighted by Crippen LogP contribution is -2.38. The van der Waals surface area contributed by atoms with E-state index in [9.17, 15) is 4.79 Å². The number of rotatable bonds is 11. The molecule has 1 aliphatic rings. The van der Waals surface area contributed by atoms with Crippen molar-refractivity contribution in [2.24, 2.45) is 4.99 Å². The molecule has 1 aromatic rings. The number of hydrogen-bond acceptors (Lipinski definition) is 4. The van der Waals surface area contributed by atoms with E-state index >= 15 is 0 Å². The Morgan fingerprint density at radius 2 is 1.93 bits per heavy atom. The van der Waals surface area contributed by atoms with Crippen LogP contribution in [-0.2, 0) is 11.2 Å². The molecule has 7 nitrogen and oxygen atoms in total. The van der Waals surface area contributed by atoms with Crippen LogP contribution in [0.4, 0.5) is 0 Å². The maximum absolute atomic E-state index is 12.1. The van der Waals surface area contributed by atoms with Crippen molar-refractivity contribution in [1.29, 1.82) is 0 Å². The number of nitrogens with one attached hydrogen (secondary N) is 2. The minimum Gasteiger partial charge on any atom is -0.493 e.